The Morgan fingerprint density at radius 2 is 2.00 bits per heavy atom. The topological polar surface area (TPSA) is 9.23 Å². The third-order valence-electron chi connectivity index (χ3n) is 4.40. The van der Waals surface area contributed by atoms with Gasteiger partial charge in [0.1, 0.15) is 0 Å². The van der Waals surface area contributed by atoms with E-state index in [1.807, 2.05) is 6.07 Å². The van der Waals surface area contributed by atoms with Crippen molar-refractivity contribution >= 4 is 15.9 Å². The van der Waals surface area contributed by atoms with E-state index in [4.69, 9.17) is 4.74 Å². The van der Waals surface area contributed by atoms with Gasteiger partial charge in [-0.2, -0.15) is 0 Å². The molecule has 0 bridgehead atoms. The fourth-order valence-corrected chi connectivity index (χ4v) is 3.18. The molecule has 0 N–H and O–H groups in total. The Morgan fingerprint density at radius 3 is 2.58 bits per heavy atom. The van der Waals surface area contributed by atoms with Crippen LogP contribution in [0.3, 0.4) is 0 Å². The molecule has 0 heterocycles. The lowest BCUT2D eigenvalue weighted by atomic mass is 9.58. The number of ether oxygens (including phenoxy) is 1. The summed E-state index contributed by atoms with van der Waals surface area (Å²) in [6.45, 7) is 8.50. The van der Waals surface area contributed by atoms with Crippen molar-refractivity contribution in [1.82, 2.24) is 0 Å². The first-order valence-corrected chi connectivity index (χ1v) is 8.04. The van der Waals surface area contributed by atoms with Crippen LogP contribution in [0.15, 0.2) is 41.5 Å². The minimum absolute atomic E-state index is 0.300. The van der Waals surface area contributed by atoms with Crippen molar-refractivity contribution < 1.29 is 4.74 Å². The predicted molar refractivity (Wildman–Crippen MR) is 84.5 cm³/mol. The molecule has 0 aliphatic heterocycles. The van der Waals surface area contributed by atoms with Crippen molar-refractivity contribution in [3.8, 4) is 0 Å². The number of alkyl halides is 1. The molecule has 0 amide bonds. The van der Waals surface area contributed by atoms with Gasteiger partial charge in [0.2, 0.25) is 0 Å². The van der Waals surface area contributed by atoms with Gasteiger partial charge in [-0.25, -0.2) is 0 Å². The molecule has 1 aliphatic carbocycles. The third-order valence-corrected chi connectivity index (χ3v) is 5.24. The highest BCUT2D eigenvalue weighted by Gasteiger charge is 2.43. The van der Waals surface area contributed by atoms with Gasteiger partial charge in [0.25, 0.3) is 0 Å². The van der Waals surface area contributed by atoms with Crippen LogP contribution in [-0.2, 0) is 11.3 Å². The van der Waals surface area contributed by atoms with Crippen molar-refractivity contribution in [2.24, 2.45) is 11.3 Å². The van der Waals surface area contributed by atoms with E-state index in [9.17, 15) is 0 Å². The number of hydrogen-bond donors (Lipinski definition) is 0. The molecule has 1 nitrogen and oxygen atoms in total. The van der Waals surface area contributed by atoms with Crippen LogP contribution in [0.25, 0.3) is 0 Å². The van der Waals surface area contributed by atoms with Crippen LogP contribution < -0.4 is 0 Å². The maximum atomic E-state index is 5.89. The first kappa shape index (κ1) is 14.8. The normalized spacial score (nSPS) is 23.9. The molecule has 2 heteroatoms. The average molecular weight is 323 g/mol. The van der Waals surface area contributed by atoms with E-state index in [0.29, 0.717) is 11.3 Å². The van der Waals surface area contributed by atoms with Crippen molar-refractivity contribution in [3.63, 3.8) is 0 Å². The van der Waals surface area contributed by atoms with Gasteiger partial charge in [-0.15, -0.1) is 0 Å². The van der Waals surface area contributed by atoms with Crippen LogP contribution >= 0.6 is 15.9 Å². The smallest absolute Gasteiger partial charge is 0.0717 e. The van der Waals surface area contributed by atoms with Gasteiger partial charge in [0.15, 0.2) is 0 Å². The summed E-state index contributed by atoms with van der Waals surface area (Å²) in [5.41, 5.74) is 4.66. The lowest BCUT2D eigenvalue weighted by molar-refractivity contribution is 0.0189. The van der Waals surface area contributed by atoms with E-state index in [0.717, 1.165) is 18.5 Å². The highest BCUT2D eigenvalue weighted by Crippen LogP contribution is 2.52. The van der Waals surface area contributed by atoms with Crippen LogP contribution in [0.2, 0.25) is 0 Å². The van der Waals surface area contributed by atoms with Crippen molar-refractivity contribution in [1.29, 1.82) is 0 Å². The SMILES string of the molecule is CC(CBr)=C1CC(COCc2ccccc2)C1(C)C. The fraction of sp³-hybridized carbons (Fsp3) is 0.529. The molecule has 1 aromatic rings. The van der Waals surface area contributed by atoms with E-state index in [-0.39, 0.29) is 0 Å². The van der Waals surface area contributed by atoms with Gasteiger partial charge >= 0.3 is 0 Å². The highest BCUT2D eigenvalue weighted by molar-refractivity contribution is 9.09. The van der Waals surface area contributed by atoms with Crippen LogP contribution in [0, 0.1) is 11.3 Å². The molecule has 1 aromatic carbocycles. The molecule has 0 aromatic heterocycles. The zero-order valence-corrected chi connectivity index (χ0v) is 13.7. The van der Waals surface area contributed by atoms with Crippen LogP contribution in [0.5, 0.6) is 0 Å². The monoisotopic (exact) mass is 322 g/mol. The number of allylic oxidation sites excluding steroid dienone is 2. The lowest BCUT2D eigenvalue weighted by Crippen LogP contribution is -2.41. The van der Waals surface area contributed by atoms with Gasteiger partial charge in [-0.05, 0) is 30.2 Å². The summed E-state index contributed by atoms with van der Waals surface area (Å²) < 4.78 is 5.89. The molecule has 1 aliphatic rings. The first-order valence-electron chi connectivity index (χ1n) is 6.92. The summed E-state index contributed by atoms with van der Waals surface area (Å²) in [7, 11) is 0. The van der Waals surface area contributed by atoms with Crippen LogP contribution in [0.4, 0.5) is 0 Å². The van der Waals surface area contributed by atoms with Crippen molar-refractivity contribution in [3.05, 3.63) is 47.0 Å². The summed E-state index contributed by atoms with van der Waals surface area (Å²) in [5, 5.41) is 0.989. The summed E-state index contributed by atoms with van der Waals surface area (Å²) >= 11 is 3.56. The molecule has 104 valence electrons. The van der Waals surface area contributed by atoms with E-state index in [1.165, 1.54) is 17.6 Å². The molecular formula is C17H23BrO. The molecule has 1 saturated carbocycles. The second-order valence-corrected chi connectivity index (χ2v) is 6.58. The molecule has 0 radical (unpaired) electrons. The maximum Gasteiger partial charge on any atom is 0.0717 e. The second-order valence-electron chi connectivity index (χ2n) is 6.02. The molecule has 1 fully saturated rings. The Hall–Kier alpha value is -0.600. The van der Waals surface area contributed by atoms with E-state index in [2.05, 4.69) is 61.0 Å². The number of benzene rings is 1. The van der Waals surface area contributed by atoms with E-state index < -0.39 is 0 Å². The van der Waals surface area contributed by atoms with Crippen molar-refractivity contribution in [2.75, 3.05) is 11.9 Å². The molecule has 1 atom stereocenters. The first-order chi connectivity index (χ1) is 9.05. The molecular weight excluding hydrogens is 300 g/mol. The predicted octanol–water partition coefficient (Wildman–Crippen LogP) is 4.96. The van der Waals surface area contributed by atoms with Gasteiger partial charge in [-0.1, -0.05) is 71.3 Å². The molecule has 0 saturated heterocycles. The van der Waals surface area contributed by atoms with E-state index >= 15 is 0 Å². The summed E-state index contributed by atoms with van der Waals surface area (Å²) in [4.78, 5) is 0. The minimum Gasteiger partial charge on any atom is -0.376 e. The zero-order valence-electron chi connectivity index (χ0n) is 12.1. The quantitative estimate of drug-likeness (QED) is 0.550. The number of halogens is 1. The van der Waals surface area contributed by atoms with Crippen LogP contribution in [0.1, 0.15) is 32.8 Å². The maximum absolute atomic E-state index is 5.89. The molecule has 2 rings (SSSR count). The lowest BCUT2D eigenvalue weighted by Gasteiger charge is -2.48. The zero-order chi connectivity index (χ0) is 13.9. The number of rotatable bonds is 5. The summed E-state index contributed by atoms with van der Waals surface area (Å²) in [6, 6.07) is 10.4. The molecule has 0 spiro atoms. The average Bonchev–Trinajstić information content (AvgIpc) is 2.42. The second kappa shape index (κ2) is 6.23. The van der Waals surface area contributed by atoms with Gasteiger partial charge in [0.05, 0.1) is 13.2 Å². The van der Waals surface area contributed by atoms with Crippen molar-refractivity contribution in [2.45, 2.75) is 33.8 Å². The van der Waals surface area contributed by atoms with E-state index in [1.54, 1.807) is 5.57 Å². The van der Waals surface area contributed by atoms with Gasteiger partial charge in [0, 0.05) is 5.33 Å². The third kappa shape index (κ3) is 3.29. The Labute approximate surface area is 125 Å². The Bertz CT molecular complexity index is 448. The van der Waals surface area contributed by atoms with Gasteiger partial charge in [-0.3, -0.25) is 0 Å². The Kier molecular flexibility index (Phi) is 4.86. The molecule has 19 heavy (non-hydrogen) atoms. The largest absolute Gasteiger partial charge is 0.376 e. The molecule has 1 unspecified atom stereocenters. The van der Waals surface area contributed by atoms with Gasteiger partial charge < -0.3 is 4.74 Å². The Morgan fingerprint density at radius 1 is 1.32 bits per heavy atom. The summed E-state index contributed by atoms with van der Waals surface area (Å²) in [6.07, 6.45) is 1.19. The number of hydrogen-bond acceptors (Lipinski definition) is 1. The standard InChI is InChI=1S/C17H23BrO/c1-13(10-18)16-9-15(17(16,2)3)12-19-11-14-7-5-4-6-8-14/h4-8,15H,9-12H2,1-3H3. The Balaban J connectivity index is 1.83. The fourth-order valence-electron chi connectivity index (χ4n) is 2.85. The van der Waals surface area contributed by atoms with Crippen LogP contribution in [-0.4, -0.2) is 11.9 Å². The minimum atomic E-state index is 0.300. The summed E-state index contributed by atoms with van der Waals surface area (Å²) in [5.74, 6) is 0.653. The highest BCUT2D eigenvalue weighted by atomic mass is 79.9.